The summed E-state index contributed by atoms with van der Waals surface area (Å²) in [5.41, 5.74) is 5.19. The molecule has 1 heterocycles. The van der Waals surface area contributed by atoms with E-state index in [-0.39, 0.29) is 16.6 Å². The fourth-order valence-corrected chi connectivity index (χ4v) is 2.95. The van der Waals surface area contributed by atoms with Gasteiger partial charge in [-0.1, -0.05) is 53.7 Å². The van der Waals surface area contributed by atoms with Gasteiger partial charge in [0, 0.05) is 5.56 Å². The largest absolute Gasteiger partial charge is 0.507 e. The van der Waals surface area contributed by atoms with Gasteiger partial charge in [-0.05, 0) is 47.1 Å². The Hall–Kier alpha value is -2.29. The molecule has 1 N–H and O–H groups in total. The first-order chi connectivity index (χ1) is 11.5. The molecule has 0 aliphatic carbocycles. The first kappa shape index (κ1) is 17.5. The van der Waals surface area contributed by atoms with Gasteiger partial charge in [-0.15, -0.1) is 0 Å². The quantitative estimate of drug-likeness (QED) is 0.583. The number of aromatic nitrogens is 1. The highest BCUT2D eigenvalue weighted by molar-refractivity contribution is 5.79. The van der Waals surface area contributed by atoms with Crippen LogP contribution in [0.5, 0.6) is 5.75 Å². The van der Waals surface area contributed by atoms with E-state index >= 15 is 0 Å². The van der Waals surface area contributed by atoms with E-state index in [1.807, 2.05) is 31.2 Å². The van der Waals surface area contributed by atoms with Crippen LogP contribution in [0.1, 0.15) is 58.2 Å². The summed E-state index contributed by atoms with van der Waals surface area (Å²) in [6.07, 6.45) is 0. The van der Waals surface area contributed by atoms with Crippen LogP contribution >= 0.6 is 0 Å². The van der Waals surface area contributed by atoms with Crippen molar-refractivity contribution in [3.8, 4) is 17.2 Å². The maximum absolute atomic E-state index is 10.9. The van der Waals surface area contributed by atoms with Crippen molar-refractivity contribution in [2.24, 2.45) is 0 Å². The number of fused-ring (bicyclic) bond motifs is 1. The Morgan fingerprint density at radius 2 is 1.60 bits per heavy atom. The lowest BCUT2D eigenvalue weighted by atomic mass is 9.79. The van der Waals surface area contributed by atoms with Gasteiger partial charge in [0.2, 0.25) is 5.89 Å². The van der Waals surface area contributed by atoms with Crippen LogP contribution in [0.4, 0.5) is 0 Å². The highest BCUT2D eigenvalue weighted by Crippen LogP contribution is 2.42. The smallest absolute Gasteiger partial charge is 0.231 e. The highest BCUT2D eigenvalue weighted by atomic mass is 16.3. The number of phenolic OH excluding ortho intramolecular Hbond substituents is 1. The molecule has 3 nitrogen and oxygen atoms in total. The van der Waals surface area contributed by atoms with Crippen molar-refractivity contribution < 1.29 is 9.52 Å². The molecule has 0 spiro atoms. The Morgan fingerprint density at radius 3 is 2.20 bits per heavy atom. The molecule has 3 heteroatoms. The van der Waals surface area contributed by atoms with Crippen molar-refractivity contribution in [2.75, 3.05) is 0 Å². The molecule has 0 atom stereocenters. The summed E-state index contributed by atoms with van der Waals surface area (Å²) < 4.78 is 5.95. The molecule has 1 aromatic heterocycles. The molecule has 0 bridgehead atoms. The number of hydrogen-bond donors (Lipinski definition) is 1. The van der Waals surface area contributed by atoms with Gasteiger partial charge in [0.25, 0.3) is 0 Å². The number of aryl methyl sites for hydroxylation is 1. The van der Waals surface area contributed by atoms with E-state index in [1.165, 1.54) is 0 Å². The molecule has 3 rings (SSSR count). The number of benzene rings is 2. The molecular formula is C22H27NO2. The van der Waals surface area contributed by atoms with E-state index in [9.17, 15) is 5.11 Å². The minimum absolute atomic E-state index is 0.0367. The molecule has 0 fully saturated rings. The molecule has 0 saturated carbocycles. The summed E-state index contributed by atoms with van der Waals surface area (Å²) in [6, 6.07) is 10.0. The summed E-state index contributed by atoms with van der Waals surface area (Å²) in [4.78, 5) is 4.62. The molecule has 0 radical (unpaired) electrons. The van der Waals surface area contributed by atoms with Gasteiger partial charge in [0.15, 0.2) is 5.58 Å². The number of hydrogen-bond acceptors (Lipinski definition) is 3. The average Bonchev–Trinajstić information content (AvgIpc) is 2.87. The van der Waals surface area contributed by atoms with Crippen molar-refractivity contribution >= 4 is 11.1 Å². The van der Waals surface area contributed by atoms with Crippen LogP contribution in [0.25, 0.3) is 22.6 Å². The third-order valence-corrected chi connectivity index (χ3v) is 4.56. The third-order valence-electron chi connectivity index (χ3n) is 4.56. The normalized spacial score (nSPS) is 12.8. The van der Waals surface area contributed by atoms with E-state index in [4.69, 9.17) is 4.42 Å². The van der Waals surface area contributed by atoms with Gasteiger partial charge in [-0.2, -0.15) is 0 Å². The molecule has 0 aliphatic rings. The number of oxazole rings is 1. The van der Waals surface area contributed by atoms with E-state index in [0.717, 1.165) is 27.8 Å². The lowest BCUT2D eigenvalue weighted by Crippen LogP contribution is -2.17. The average molecular weight is 337 g/mol. The lowest BCUT2D eigenvalue weighted by molar-refractivity contribution is 0.444. The monoisotopic (exact) mass is 337 g/mol. The van der Waals surface area contributed by atoms with Crippen LogP contribution in [0.15, 0.2) is 34.7 Å². The summed E-state index contributed by atoms with van der Waals surface area (Å²) >= 11 is 0. The second kappa shape index (κ2) is 5.62. The highest BCUT2D eigenvalue weighted by Gasteiger charge is 2.27. The molecule has 3 aromatic rings. The second-order valence-electron chi connectivity index (χ2n) is 8.91. The molecule has 0 unspecified atom stereocenters. The van der Waals surface area contributed by atoms with Gasteiger partial charge in [-0.3, -0.25) is 0 Å². The Labute approximate surface area is 149 Å². The van der Waals surface area contributed by atoms with Crippen molar-refractivity contribution in [3.63, 3.8) is 0 Å². The Balaban J connectivity index is 2.29. The molecule has 0 amide bonds. The minimum atomic E-state index is -0.178. The molecule has 25 heavy (non-hydrogen) atoms. The number of nitrogens with zero attached hydrogens (tertiary/aromatic N) is 1. The van der Waals surface area contributed by atoms with E-state index < -0.39 is 0 Å². The Morgan fingerprint density at radius 1 is 0.920 bits per heavy atom. The lowest BCUT2D eigenvalue weighted by Gasteiger charge is -2.27. The topological polar surface area (TPSA) is 46.3 Å². The van der Waals surface area contributed by atoms with Crippen LogP contribution in [0.2, 0.25) is 0 Å². The van der Waals surface area contributed by atoms with Crippen LogP contribution in [0, 0.1) is 6.92 Å². The van der Waals surface area contributed by atoms with Gasteiger partial charge in [-0.25, -0.2) is 4.98 Å². The van der Waals surface area contributed by atoms with Gasteiger partial charge in [0.1, 0.15) is 11.3 Å². The zero-order valence-electron chi connectivity index (χ0n) is 16.2. The van der Waals surface area contributed by atoms with Crippen LogP contribution in [-0.4, -0.2) is 10.1 Å². The first-order valence-corrected chi connectivity index (χ1v) is 8.72. The number of aromatic hydroxyl groups is 1. The fourth-order valence-electron chi connectivity index (χ4n) is 2.95. The van der Waals surface area contributed by atoms with Crippen molar-refractivity contribution in [2.45, 2.75) is 59.3 Å². The maximum Gasteiger partial charge on any atom is 0.231 e. The summed E-state index contributed by atoms with van der Waals surface area (Å²) in [6.45, 7) is 14.9. The second-order valence-corrected chi connectivity index (χ2v) is 8.91. The van der Waals surface area contributed by atoms with Crippen LogP contribution < -0.4 is 0 Å². The number of rotatable bonds is 1. The summed E-state index contributed by atoms with van der Waals surface area (Å²) in [5, 5.41) is 10.9. The zero-order chi connectivity index (χ0) is 18.6. The zero-order valence-corrected chi connectivity index (χ0v) is 16.2. The third kappa shape index (κ3) is 3.28. The van der Waals surface area contributed by atoms with Crippen molar-refractivity contribution in [3.05, 3.63) is 47.0 Å². The van der Waals surface area contributed by atoms with Crippen LogP contribution in [-0.2, 0) is 10.8 Å². The van der Waals surface area contributed by atoms with Gasteiger partial charge in [0.05, 0.1) is 5.56 Å². The standard InChI is InChI=1S/C22H27NO2/c1-13-8-9-18-17(10-13)23-20(25-18)15-11-14(21(2,3)4)12-16(19(15)24)22(5,6)7/h8-12,24H,1-7H3. The molecule has 2 aromatic carbocycles. The summed E-state index contributed by atoms with van der Waals surface area (Å²) in [7, 11) is 0. The predicted molar refractivity (Wildman–Crippen MR) is 103 cm³/mol. The Kier molecular flexibility index (Phi) is 3.94. The van der Waals surface area contributed by atoms with E-state index in [2.05, 4.69) is 52.6 Å². The fraction of sp³-hybridized carbons (Fsp3) is 0.409. The summed E-state index contributed by atoms with van der Waals surface area (Å²) in [5.74, 6) is 0.721. The SMILES string of the molecule is Cc1ccc2oc(-c3cc(C(C)(C)C)cc(C(C)(C)C)c3O)nc2c1. The molecule has 0 saturated heterocycles. The van der Waals surface area contributed by atoms with E-state index in [1.54, 1.807) is 0 Å². The van der Waals surface area contributed by atoms with Gasteiger partial charge >= 0.3 is 0 Å². The van der Waals surface area contributed by atoms with Gasteiger partial charge < -0.3 is 9.52 Å². The Bertz CT molecular complexity index is 937. The van der Waals surface area contributed by atoms with E-state index in [0.29, 0.717) is 11.5 Å². The maximum atomic E-state index is 10.9. The van der Waals surface area contributed by atoms with Crippen LogP contribution in [0.3, 0.4) is 0 Å². The van der Waals surface area contributed by atoms with Crippen molar-refractivity contribution in [1.29, 1.82) is 0 Å². The predicted octanol–water partition coefficient (Wildman–Crippen LogP) is 6.10. The first-order valence-electron chi connectivity index (χ1n) is 8.72. The molecular weight excluding hydrogens is 310 g/mol. The minimum Gasteiger partial charge on any atom is -0.507 e. The molecule has 0 aliphatic heterocycles. The molecule has 132 valence electrons. The van der Waals surface area contributed by atoms with Crippen molar-refractivity contribution in [1.82, 2.24) is 4.98 Å². The number of phenols is 1.